The number of hydrogen-bond donors (Lipinski definition) is 0. The molecule has 22 heavy (non-hydrogen) atoms. The third-order valence-corrected chi connectivity index (χ3v) is 4.26. The first-order chi connectivity index (χ1) is 10.2. The zero-order valence-corrected chi connectivity index (χ0v) is 14.0. The SMILES string of the molecule is CO[C@@H]1O[C@H](C2OC2(Cl)C(=O)OC(C)C)[C@H]2OC(C)(C)O[C@@H]12. The first kappa shape index (κ1) is 16.4. The van der Waals surface area contributed by atoms with Crippen LogP contribution in [-0.2, 0) is 33.2 Å². The fourth-order valence-electron chi connectivity index (χ4n) is 2.91. The molecule has 3 aliphatic rings. The number of carbonyl (C=O) groups is 1. The van der Waals surface area contributed by atoms with E-state index in [1.54, 1.807) is 13.8 Å². The van der Waals surface area contributed by atoms with Gasteiger partial charge >= 0.3 is 5.97 Å². The highest BCUT2D eigenvalue weighted by Gasteiger charge is 2.72. The van der Waals surface area contributed by atoms with Gasteiger partial charge < -0.3 is 28.4 Å². The lowest BCUT2D eigenvalue weighted by molar-refractivity contribution is -0.228. The van der Waals surface area contributed by atoms with E-state index in [4.69, 9.17) is 40.0 Å². The average Bonchev–Trinajstić information content (AvgIpc) is 2.83. The van der Waals surface area contributed by atoms with Gasteiger partial charge in [-0.2, -0.15) is 0 Å². The summed E-state index contributed by atoms with van der Waals surface area (Å²) in [6, 6.07) is 0. The Morgan fingerprint density at radius 1 is 1.14 bits per heavy atom. The van der Waals surface area contributed by atoms with Crippen molar-refractivity contribution in [2.45, 2.75) is 75.4 Å². The number of esters is 1. The largest absolute Gasteiger partial charge is 0.460 e. The molecule has 0 bridgehead atoms. The predicted octanol–water partition coefficient (Wildman–Crippen LogP) is 1.16. The summed E-state index contributed by atoms with van der Waals surface area (Å²) in [6.45, 7) is 7.11. The Labute approximate surface area is 134 Å². The van der Waals surface area contributed by atoms with Gasteiger partial charge in [0, 0.05) is 7.11 Å². The van der Waals surface area contributed by atoms with Crippen LogP contribution in [0.5, 0.6) is 0 Å². The molecule has 0 aromatic heterocycles. The molecule has 7 nitrogen and oxygen atoms in total. The van der Waals surface area contributed by atoms with Crippen LogP contribution < -0.4 is 0 Å². The normalized spacial score (nSPS) is 45.9. The molecule has 3 rings (SSSR count). The number of carbonyl (C=O) groups excluding carboxylic acids is 1. The third kappa shape index (κ3) is 2.64. The van der Waals surface area contributed by atoms with Crippen molar-refractivity contribution in [3.05, 3.63) is 0 Å². The molecule has 2 unspecified atom stereocenters. The van der Waals surface area contributed by atoms with Gasteiger partial charge in [0.1, 0.15) is 24.4 Å². The highest BCUT2D eigenvalue weighted by molar-refractivity contribution is 6.35. The molecule has 3 aliphatic heterocycles. The Kier molecular flexibility index (Phi) is 3.95. The van der Waals surface area contributed by atoms with Crippen LogP contribution in [0.25, 0.3) is 0 Å². The van der Waals surface area contributed by atoms with E-state index in [1.807, 2.05) is 13.8 Å². The summed E-state index contributed by atoms with van der Waals surface area (Å²) in [6.07, 6.45) is -2.90. The molecule has 0 aromatic rings. The van der Waals surface area contributed by atoms with E-state index < -0.39 is 47.5 Å². The second kappa shape index (κ2) is 5.29. The van der Waals surface area contributed by atoms with Gasteiger partial charge in [0.05, 0.1) is 6.10 Å². The fourth-order valence-corrected chi connectivity index (χ4v) is 3.18. The molecule has 0 aliphatic carbocycles. The number of ether oxygens (including phenoxy) is 6. The number of methoxy groups -OCH3 is 1. The molecule has 0 spiro atoms. The number of hydrogen-bond acceptors (Lipinski definition) is 7. The van der Waals surface area contributed by atoms with Crippen LogP contribution in [0.4, 0.5) is 0 Å². The van der Waals surface area contributed by atoms with Crippen molar-refractivity contribution in [2.24, 2.45) is 0 Å². The van der Waals surface area contributed by atoms with Gasteiger partial charge in [-0.3, -0.25) is 0 Å². The predicted molar refractivity (Wildman–Crippen MR) is 74.2 cm³/mol. The van der Waals surface area contributed by atoms with Gasteiger partial charge in [0.25, 0.3) is 5.06 Å². The van der Waals surface area contributed by atoms with Gasteiger partial charge in [-0.05, 0) is 27.7 Å². The number of halogens is 1. The summed E-state index contributed by atoms with van der Waals surface area (Å²) in [7, 11) is 1.52. The summed E-state index contributed by atoms with van der Waals surface area (Å²) >= 11 is 6.22. The smallest absolute Gasteiger partial charge is 0.357 e. The van der Waals surface area contributed by atoms with Crippen LogP contribution in [0.1, 0.15) is 27.7 Å². The Morgan fingerprint density at radius 3 is 2.36 bits per heavy atom. The minimum absolute atomic E-state index is 0.276. The number of fused-ring (bicyclic) bond motifs is 1. The Hall–Kier alpha value is -0.440. The van der Waals surface area contributed by atoms with Crippen LogP contribution in [0, 0.1) is 0 Å². The van der Waals surface area contributed by atoms with Gasteiger partial charge in [0.15, 0.2) is 12.1 Å². The molecule has 8 heteroatoms. The summed E-state index contributed by atoms with van der Waals surface area (Å²) in [5.74, 6) is -1.37. The maximum absolute atomic E-state index is 12.0. The zero-order chi connectivity index (χ0) is 16.3. The van der Waals surface area contributed by atoms with Crippen molar-refractivity contribution in [1.29, 1.82) is 0 Å². The van der Waals surface area contributed by atoms with Gasteiger partial charge in [-0.25, -0.2) is 4.79 Å². The van der Waals surface area contributed by atoms with Gasteiger partial charge in [0.2, 0.25) is 0 Å². The molecule has 0 amide bonds. The van der Waals surface area contributed by atoms with E-state index in [0.29, 0.717) is 0 Å². The van der Waals surface area contributed by atoms with Gasteiger partial charge in [-0.1, -0.05) is 11.6 Å². The maximum Gasteiger partial charge on any atom is 0.357 e. The first-order valence-corrected chi connectivity index (χ1v) is 7.67. The minimum Gasteiger partial charge on any atom is -0.460 e. The third-order valence-electron chi connectivity index (χ3n) is 3.81. The lowest BCUT2D eigenvalue weighted by Crippen LogP contribution is -2.38. The quantitative estimate of drug-likeness (QED) is 0.433. The van der Waals surface area contributed by atoms with Crippen LogP contribution in [0.3, 0.4) is 0 Å². The van der Waals surface area contributed by atoms with E-state index in [2.05, 4.69) is 0 Å². The second-order valence-electron chi connectivity index (χ2n) is 6.41. The molecule has 0 N–H and O–H groups in total. The molecule has 3 fully saturated rings. The molecule has 6 atom stereocenters. The standard InChI is InChI=1S/C14H21ClO7/c1-6(2)18-12(16)14(15)10(22-14)8-7-9(11(17-5)19-8)21-13(3,4)20-7/h6-11H,1-5H3/t7-,8+,9-,10?,11-,14?/m1/s1. The topological polar surface area (TPSA) is 75.8 Å². The number of epoxide rings is 1. The van der Waals surface area contributed by atoms with Gasteiger partial charge in [-0.15, -0.1) is 0 Å². The van der Waals surface area contributed by atoms with Crippen LogP contribution in [0.15, 0.2) is 0 Å². The van der Waals surface area contributed by atoms with Crippen molar-refractivity contribution >= 4 is 17.6 Å². The maximum atomic E-state index is 12.0. The van der Waals surface area contributed by atoms with Crippen LogP contribution in [-0.4, -0.2) is 60.7 Å². The molecular weight excluding hydrogens is 316 g/mol. The van der Waals surface area contributed by atoms with Crippen molar-refractivity contribution in [2.75, 3.05) is 7.11 Å². The first-order valence-electron chi connectivity index (χ1n) is 7.29. The lowest BCUT2D eigenvalue weighted by Gasteiger charge is -2.23. The molecule has 0 radical (unpaired) electrons. The highest BCUT2D eigenvalue weighted by Crippen LogP contribution is 2.51. The number of rotatable bonds is 4. The van der Waals surface area contributed by atoms with E-state index in [0.717, 1.165) is 0 Å². The van der Waals surface area contributed by atoms with Crippen molar-refractivity contribution in [1.82, 2.24) is 0 Å². The molecule has 3 heterocycles. The molecule has 0 saturated carbocycles. The van der Waals surface area contributed by atoms with E-state index in [-0.39, 0.29) is 6.10 Å². The van der Waals surface area contributed by atoms with Crippen LogP contribution >= 0.6 is 11.6 Å². The summed E-state index contributed by atoms with van der Waals surface area (Å²) < 4.78 is 33.2. The lowest BCUT2D eigenvalue weighted by atomic mass is 10.1. The molecule has 0 aromatic carbocycles. The summed E-state index contributed by atoms with van der Waals surface area (Å²) in [5, 5.41) is -1.53. The average molecular weight is 337 g/mol. The Morgan fingerprint density at radius 2 is 1.77 bits per heavy atom. The summed E-state index contributed by atoms with van der Waals surface area (Å²) in [5.41, 5.74) is 0. The molecule has 126 valence electrons. The molecular formula is C14H21ClO7. The van der Waals surface area contributed by atoms with E-state index >= 15 is 0 Å². The van der Waals surface area contributed by atoms with E-state index in [1.165, 1.54) is 7.11 Å². The fraction of sp³-hybridized carbons (Fsp3) is 0.929. The zero-order valence-electron chi connectivity index (χ0n) is 13.2. The van der Waals surface area contributed by atoms with E-state index in [9.17, 15) is 4.79 Å². The Bertz CT molecular complexity index is 468. The Balaban J connectivity index is 1.72. The second-order valence-corrected chi connectivity index (χ2v) is 6.97. The molecule has 3 saturated heterocycles. The van der Waals surface area contributed by atoms with Crippen molar-refractivity contribution in [3.63, 3.8) is 0 Å². The summed E-state index contributed by atoms with van der Waals surface area (Å²) in [4.78, 5) is 12.0. The monoisotopic (exact) mass is 336 g/mol. The minimum atomic E-state index is -1.53. The number of alkyl halides is 1. The van der Waals surface area contributed by atoms with Crippen LogP contribution in [0.2, 0.25) is 0 Å². The van der Waals surface area contributed by atoms with Crippen molar-refractivity contribution in [3.8, 4) is 0 Å². The van der Waals surface area contributed by atoms with Crippen molar-refractivity contribution < 1.29 is 33.2 Å². The highest BCUT2D eigenvalue weighted by atomic mass is 35.5.